The van der Waals surface area contributed by atoms with Crippen molar-refractivity contribution >= 4 is 28.7 Å². The summed E-state index contributed by atoms with van der Waals surface area (Å²) in [5, 5.41) is 9.93. The number of fused-ring (bicyclic) bond motifs is 2. The number of hydrogen-bond acceptors (Lipinski definition) is 5. The molecule has 2 aromatic heterocycles. The number of hydrogen-bond donors (Lipinski definition) is 3. The molecular formula is C23H20FIN5O2-. The number of nitrogens with zero attached hydrogens (tertiary/aromatic N) is 2. The number of rotatable bonds is 3. The van der Waals surface area contributed by atoms with Crippen LogP contribution in [-0.4, -0.2) is 35.7 Å². The van der Waals surface area contributed by atoms with Crippen LogP contribution >= 0.6 is 0 Å². The molecule has 0 radical (unpaired) electrons. The summed E-state index contributed by atoms with van der Waals surface area (Å²) in [6.07, 6.45) is 4.41. The average molecular weight is 544 g/mol. The molecule has 3 aliphatic rings. The van der Waals surface area contributed by atoms with Crippen molar-refractivity contribution in [2.75, 3.05) is 30.8 Å². The fraction of sp³-hybridized carbons (Fsp3) is 0.217. The van der Waals surface area contributed by atoms with Crippen LogP contribution in [0.1, 0.15) is 26.4 Å². The van der Waals surface area contributed by atoms with E-state index in [2.05, 4.69) is 29.6 Å². The van der Waals surface area contributed by atoms with Crippen molar-refractivity contribution in [3.8, 4) is 17.0 Å². The molecule has 32 heavy (non-hydrogen) atoms. The van der Waals surface area contributed by atoms with Crippen LogP contribution in [0.5, 0.6) is 5.75 Å². The van der Waals surface area contributed by atoms with Crippen molar-refractivity contribution < 1.29 is 35.1 Å². The molecule has 6 rings (SSSR count). The predicted octanol–water partition coefficient (Wildman–Crippen LogP) is 0.942. The maximum atomic E-state index is 14.5. The summed E-state index contributed by atoms with van der Waals surface area (Å²) in [5.74, 6) is -0.453. The molecule has 0 spiro atoms. The topological polar surface area (TPSA) is 80.2 Å². The van der Waals surface area contributed by atoms with Crippen LogP contribution in [0.4, 0.5) is 21.5 Å². The van der Waals surface area contributed by atoms with Gasteiger partial charge in [0.15, 0.2) is 0 Å². The molecule has 0 fully saturated rings. The van der Waals surface area contributed by atoms with Gasteiger partial charge in [0.25, 0.3) is 0 Å². The van der Waals surface area contributed by atoms with Gasteiger partial charge in [-0.05, 0) is 0 Å². The van der Waals surface area contributed by atoms with E-state index in [4.69, 9.17) is 4.74 Å². The molecule has 3 N–H and O–H groups in total. The Morgan fingerprint density at radius 2 is 2.22 bits per heavy atom. The van der Waals surface area contributed by atoms with Gasteiger partial charge in [-0.1, -0.05) is 0 Å². The molecule has 0 bridgehead atoms. The number of pyridine rings is 1. The van der Waals surface area contributed by atoms with Gasteiger partial charge in [-0.25, -0.2) is 0 Å². The summed E-state index contributed by atoms with van der Waals surface area (Å²) in [7, 11) is 1.44. The fourth-order valence-electron chi connectivity index (χ4n) is 4.64. The molecule has 0 unspecified atom stereocenters. The summed E-state index contributed by atoms with van der Waals surface area (Å²) in [6, 6.07) is 6.70. The molecule has 3 aromatic rings. The number of amides is 1. The molecule has 9 heteroatoms. The van der Waals surface area contributed by atoms with Crippen molar-refractivity contribution in [1.82, 2.24) is 14.9 Å². The zero-order valence-electron chi connectivity index (χ0n) is 17.2. The third-order valence-corrected chi connectivity index (χ3v) is 8.98. The molecule has 164 valence electrons. The Kier molecular flexibility index (Phi) is 4.60. The molecule has 0 saturated heterocycles. The second-order valence-electron chi connectivity index (χ2n) is 7.77. The van der Waals surface area contributed by atoms with E-state index in [-0.39, 0.29) is 32.9 Å². The third kappa shape index (κ3) is 2.83. The van der Waals surface area contributed by atoms with Gasteiger partial charge in [-0.3, -0.25) is 0 Å². The predicted molar refractivity (Wildman–Crippen MR) is 116 cm³/mol. The molecule has 0 aliphatic carbocycles. The van der Waals surface area contributed by atoms with Crippen molar-refractivity contribution in [2.45, 2.75) is 10.3 Å². The summed E-state index contributed by atoms with van der Waals surface area (Å²) >= 11 is -0.252. The van der Waals surface area contributed by atoms with Gasteiger partial charge >= 0.3 is 195 Å². The van der Waals surface area contributed by atoms with E-state index in [9.17, 15) is 9.18 Å². The van der Waals surface area contributed by atoms with Gasteiger partial charge in [-0.15, -0.1) is 0 Å². The molecule has 1 amide bonds. The number of anilines is 3. The Hall–Kier alpha value is -3.08. The first-order valence-corrected chi connectivity index (χ1v) is 12.8. The number of benzene rings is 1. The van der Waals surface area contributed by atoms with Crippen LogP contribution in [0.15, 0.2) is 40.7 Å². The van der Waals surface area contributed by atoms with E-state index in [1.165, 1.54) is 18.9 Å². The van der Waals surface area contributed by atoms with Gasteiger partial charge in [-0.2, -0.15) is 0 Å². The van der Waals surface area contributed by atoms with Gasteiger partial charge in [0.05, 0.1) is 0 Å². The molecule has 1 aromatic carbocycles. The summed E-state index contributed by atoms with van der Waals surface area (Å²) < 4.78 is 24.7. The van der Waals surface area contributed by atoms with Gasteiger partial charge in [0, 0.05) is 0 Å². The van der Waals surface area contributed by atoms with Crippen molar-refractivity contribution in [2.24, 2.45) is 0 Å². The minimum absolute atomic E-state index is 0.109. The Bertz CT molecular complexity index is 1300. The van der Waals surface area contributed by atoms with Gasteiger partial charge < -0.3 is 0 Å². The average Bonchev–Trinajstić information content (AvgIpc) is 3.12. The maximum absolute atomic E-state index is 14.5. The second kappa shape index (κ2) is 7.51. The van der Waals surface area contributed by atoms with E-state index in [1.54, 1.807) is 18.3 Å². The molecule has 7 nitrogen and oxygen atoms in total. The van der Waals surface area contributed by atoms with Crippen LogP contribution in [0.3, 0.4) is 0 Å². The Labute approximate surface area is 194 Å². The van der Waals surface area contributed by atoms with Crippen molar-refractivity contribution in [1.29, 1.82) is 0 Å². The first kappa shape index (κ1) is 19.6. The summed E-state index contributed by atoms with van der Waals surface area (Å²) in [5.41, 5.74) is 6.80. The number of carbonyl (C=O) groups is 1. The number of alkyl halides is 1. The first-order valence-electron chi connectivity index (χ1n) is 10.3. The number of halogens is 2. The number of aromatic nitrogens is 2. The Morgan fingerprint density at radius 1 is 1.31 bits per heavy atom. The molecule has 3 aliphatic heterocycles. The Balaban J connectivity index is 1.68. The minimum atomic E-state index is -0.460. The normalized spacial score (nSPS) is 18.5. The van der Waals surface area contributed by atoms with E-state index < -0.39 is 5.82 Å². The first-order chi connectivity index (χ1) is 15.7. The summed E-state index contributed by atoms with van der Waals surface area (Å²) in [6.45, 7) is 1.44. The molecule has 5 heterocycles. The third-order valence-electron chi connectivity index (χ3n) is 6.00. The van der Waals surface area contributed by atoms with Crippen molar-refractivity contribution in [3.63, 3.8) is 0 Å². The molecule has 1 atom stereocenters. The molecular weight excluding hydrogens is 524 g/mol. The number of ether oxygens (including phenoxy) is 1. The van der Waals surface area contributed by atoms with Crippen molar-refractivity contribution in [3.05, 3.63) is 57.8 Å². The zero-order chi connectivity index (χ0) is 21.8. The summed E-state index contributed by atoms with van der Waals surface area (Å²) in [4.78, 5) is 17.5. The standard InChI is InChI=1S/C23H20FIN5O2/c1-32-22-14(24)3-2-4-16(22)29-19-18-21-15(10-28-23(18)31)25-9-12-5-8-27-17-11-26-7-6-13(17)20(19)30(12)21/h2-4,6-7,9,11,15,27,29H,5,8,10H2,1H3,(H,28,31)/q-1/t15-/m0/s1. The van der Waals surface area contributed by atoms with Crippen LogP contribution in [0.25, 0.3) is 17.0 Å². The second-order valence-corrected chi connectivity index (χ2v) is 10.6. The van der Waals surface area contributed by atoms with E-state index >= 15 is 0 Å². The number of carbonyl (C=O) groups excluding carboxylic acids is 1. The van der Waals surface area contributed by atoms with E-state index in [0.717, 1.165) is 35.6 Å². The van der Waals surface area contributed by atoms with Crippen LogP contribution < -0.4 is 41.9 Å². The van der Waals surface area contributed by atoms with E-state index in [0.29, 0.717) is 27.4 Å². The fourth-order valence-corrected chi connectivity index (χ4v) is 7.49. The van der Waals surface area contributed by atoms with Gasteiger partial charge in [0.1, 0.15) is 0 Å². The zero-order valence-corrected chi connectivity index (χ0v) is 19.4. The number of methoxy groups -OCH3 is 1. The quantitative estimate of drug-likeness (QED) is 0.338. The number of para-hydroxylation sites is 1. The van der Waals surface area contributed by atoms with Crippen LogP contribution in [-0.2, 0) is 0 Å². The van der Waals surface area contributed by atoms with Crippen LogP contribution in [0, 0.1) is 5.82 Å². The number of nitrogens with one attached hydrogen (secondary N) is 3. The SMILES string of the molecule is COc1c(F)cccc1Nc1c2c3n4c1-c1ccncc1NCCC4=C[I-][C@H]3CNC2=O. The monoisotopic (exact) mass is 544 g/mol. The van der Waals surface area contributed by atoms with E-state index in [1.807, 2.05) is 12.3 Å². The van der Waals surface area contributed by atoms with Crippen LogP contribution in [0.2, 0.25) is 0 Å². The Morgan fingerprint density at radius 3 is 3.09 bits per heavy atom. The van der Waals surface area contributed by atoms with Gasteiger partial charge in [0.2, 0.25) is 0 Å². The molecule has 0 saturated carbocycles.